The van der Waals surface area contributed by atoms with E-state index in [-0.39, 0.29) is 5.41 Å². The summed E-state index contributed by atoms with van der Waals surface area (Å²) in [7, 11) is 0. The van der Waals surface area contributed by atoms with E-state index in [9.17, 15) is 0 Å². The first-order valence-electron chi connectivity index (χ1n) is 22.6. The van der Waals surface area contributed by atoms with Crippen LogP contribution >= 0.6 is 0 Å². The Morgan fingerprint density at radius 2 is 0.800 bits per heavy atom. The van der Waals surface area contributed by atoms with Crippen molar-refractivity contribution >= 4 is 38.9 Å². The average molecular weight is 831 g/mol. The molecule has 1 aliphatic carbocycles. The fraction of sp³-hybridized carbons (Fsp3) is 0.0476. The zero-order chi connectivity index (χ0) is 43.5. The lowest BCUT2D eigenvalue weighted by Gasteiger charge is -2.28. The number of hydrogen-bond acceptors (Lipinski definition) is 1. The van der Waals surface area contributed by atoms with Crippen molar-refractivity contribution in [2.24, 2.45) is 0 Å². The van der Waals surface area contributed by atoms with Gasteiger partial charge >= 0.3 is 0 Å². The molecule has 0 fully saturated rings. The molecule has 1 aromatic heterocycles. The predicted octanol–water partition coefficient (Wildman–Crippen LogP) is 17.2. The Morgan fingerprint density at radius 1 is 0.323 bits per heavy atom. The molecule has 0 N–H and O–H groups in total. The molecule has 0 unspecified atom stereocenters. The molecule has 0 saturated carbocycles. The lowest BCUT2D eigenvalue weighted by atomic mass is 9.82. The van der Waals surface area contributed by atoms with Gasteiger partial charge in [-0.15, -0.1) is 0 Å². The van der Waals surface area contributed by atoms with E-state index in [1.54, 1.807) is 0 Å². The van der Waals surface area contributed by atoms with Gasteiger partial charge in [-0.05, 0) is 134 Å². The highest BCUT2D eigenvalue weighted by molar-refractivity contribution is 6.16. The van der Waals surface area contributed by atoms with E-state index in [1.807, 2.05) is 0 Å². The Bertz CT molecular complexity index is 3510. The van der Waals surface area contributed by atoms with Crippen LogP contribution in [0.1, 0.15) is 25.0 Å². The fourth-order valence-corrected chi connectivity index (χ4v) is 10.3. The summed E-state index contributed by atoms with van der Waals surface area (Å²) in [6.45, 7) is 4.71. The molecule has 0 saturated heterocycles. The number of anilines is 3. The summed E-state index contributed by atoms with van der Waals surface area (Å²) in [5, 5.41) is 2.45. The number of benzene rings is 10. The zero-order valence-corrected chi connectivity index (χ0v) is 36.5. The molecule has 1 aliphatic rings. The quantitative estimate of drug-likeness (QED) is 0.148. The highest BCUT2D eigenvalue weighted by Gasteiger charge is 2.35. The summed E-state index contributed by atoms with van der Waals surface area (Å²) in [4.78, 5) is 2.41. The molecule has 0 amide bonds. The van der Waals surface area contributed by atoms with Crippen molar-refractivity contribution in [3.63, 3.8) is 0 Å². The number of hydrogen-bond donors (Lipinski definition) is 0. The van der Waals surface area contributed by atoms with Gasteiger partial charge in [-0.1, -0.05) is 184 Å². The number of nitrogens with zero attached hydrogens (tertiary/aromatic N) is 2. The van der Waals surface area contributed by atoms with Crippen LogP contribution in [0, 0.1) is 0 Å². The highest BCUT2D eigenvalue weighted by atomic mass is 15.1. The predicted molar refractivity (Wildman–Crippen MR) is 275 cm³/mol. The minimum absolute atomic E-state index is 0.123. The molecule has 12 rings (SSSR count). The Hall–Kier alpha value is -8.20. The molecule has 10 aromatic carbocycles. The molecule has 11 aromatic rings. The molecule has 1 heterocycles. The van der Waals surface area contributed by atoms with Gasteiger partial charge in [0.05, 0.1) is 11.0 Å². The molecular formula is C63H46N2. The van der Waals surface area contributed by atoms with Crippen molar-refractivity contribution in [1.82, 2.24) is 4.57 Å². The van der Waals surface area contributed by atoms with Crippen LogP contribution in [0.2, 0.25) is 0 Å². The first-order valence-corrected chi connectivity index (χ1v) is 22.6. The van der Waals surface area contributed by atoms with Gasteiger partial charge in [-0.2, -0.15) is 0 Å². The lowest BCUT2D eigenvalue weighted by Crippen LogP contribution is -2.16. The van der Waals surface area contributed by atoms with Crippen molar-refractivity contribution in [3.05, 3.63) is 254 Å². The van der Waals surface area contributed by atoms with Gasteiger partial charge in [0.1, 0.15) is 0 Å². The van der Waals surface area contributed by atoms with Crippen molar-refractivity contribution in [1.29, 1.82) is 0 Å². The summed E-state index contributed by atoms with van der Waals surface area (Å²) in [6, 6.07) is 88.9. The highest BCUT2D eigenvalue weighted by Crippen LogP contribution is 2.51. The van der Waals surface area contributed by atoms with Gasteiger partial charge in [0.2, 0.25) is 0 Å². The van der Waals surface area contributed by atoms with Crippen molar-refractivity contribution in [3.8, 4) is 61.3 Å². The molecule has 0 atom stereocenters. The standard InChI is InChI=1S/C63H46N2/c1-63(2)59-26-16-15-25-54(59)55-37-36-53(42-60(55)63)64(50-30-27-46(28-31-50)43-17-7-3-8-18-43)51-32-34-52(35-33-51)65-61-38-29-48(44-19-9-4-10-20-44)39-57(61)58-41-49(45-21-11-5-12-22-45)40-56(62(58)65)47-23-13-6-14-24-47/h3-42H,1-2H3. The van der Waals surface area contributed by atoms with Crippen LogP contribution in [0.25, 0.3) is 83.1 Å². The van der Waals surface area contributed by atoms with Gasteiger partial charge in [0.15, 0.2) is 0 Å². The first-order chi connectivity index (χ1) is 32.0. The third-order valence-electron chi connectivity index (χ3n) is 13.6. The van der Waals surface area contributed by atoms with E-state index in [0.717, 1.165) is 22.7 Å². The van der Waals surface area contributed by atoms with Gasteiger partial charge in [0.25, 0.3) is 0 Å². The van der Waals surface area contributed by atoms with Crippen LogP contribution < -0.4 is 4.90 Å². The Kier molecular flexibility index (Phi) is 9.21. The van der Waals surface area contributed by atoms with E-state index in [0.29, 0.717) is 0 Å². The van der Waals surface area contributed by atoms with Gasteiger partial charge in [-0.25, -0.2) is 0 Å². The number of aromatic nitrogens is 1. The van der Waals surface area contributed by atoms with Gasteiger partial charge in [-0.3, -0.25) is 0 Å². The Morgan fingerprint density at radius 3 is 1.45 bits per heavy atom. The second-order valence-electron chi connectivity index (χ2n) is 17.8. The van der Waals surface area contributed by atoms with Crippen LogP contribution in [0.5, 0.6) is 0 Å². The summed E-state index contributed by atoms with van der Waals surface area (Å²) in [5.41, 5.74) is 21.7. The maximum atomic E-state index is 2.48. The van der Waals surface area contributed by atoms with E-state index >= 15 is 0 Å². The van der Waals surface area contributed by atoms with Crippen molar-refractivity contribution in [2.45, 2.75) is 19.3 Å². The van der Waals surface area contributed by atoms with E-state index in [1.165, 1.54) is 88.6 Å². The topological polar surface area (TPSA) is 8.17 Å². The SMILES string of the molecule is CC1(C)c2ccccc2-c2ccc(N(c3ccc(-c4ccccc4)cc3)c3ccc(-n4c5ccc(-c6ccccc6)cc5c5cc(-c6ccccc6)cc(-c6ccccc6)c54)cc3)cc21. The summed E-state index contributed by atoms with van der Waals surface area (Å²) >= 11 is 0. The summed E-state index contributed by atoms with van der Waals surface area (Å²) < 4.78 is 2.48. The minimum Gasteiger partial charge on any atom is -0.310 e. The molecule has 0 radical (unpaired) electrons. The Balaban J connectivity index is 1.05. The Labute approximate surface area is 381 Å². The number of rotatable bonds is 8. The molecule has 0 aliphatic heterocycles. The lowest BCUT2D eigenvalue weighted by molar-refractivity contribution is 0.660. The minimum atomic E-state index is -0.123. The second-order valence-corrected chi connectivity index (χ2v) is 17.8. The van der Waals surface area contributed by atoms with E-state index < -0.39 is 0 Å². The van der Waals surface area contributed by atoms with Crippen molar-refractivity contribution < 1.29 is 0 Å². The molecule has 0 spiro atoms. The second kappa shape index (κ2) is 15.6. The molecule has 65 heavy (non-hydrogen) atoms. The van der Waals surface area contributed by atoms with Crippen molar-refractivity contribution in [2.75, 3.05) is 4.90 Å². The summed E-state index contributed by atoms with van der Waals surface area (Å²) in [5.74, 6) is 0. The third kappa shape index (κ3) is 6.57. The maximum absolute atomic E-state index is 2.48. The van der Waals surface area contributed by atoms with Gasteiger partial charge < -0.3 is 9.47 Å². The van der Waals surface area contributed by atoms with Gasteiger partial charge in [0, 0.05) is 44.5 Å². The molecule has 0 bridgehead atoms. The molecular weight excluding hydrogens is 785 g/mol. The van der Waals surface area contributed by atoms with E-state index in [2.05, 4.69) is 266 Å². The average Bonchev–Trinajstić information content (AvgIpc) is 3.82. The number of fused-ring (bicyclic) bond motifs is 6. The monoisotopic (exact) mass is 830 g/mol. The van der Waals surface area contributed by atoms with Crippen LogP contribution in [0.15, 0.2) is 243 Å². The largest absolute Gasteiger partial charge is 0.310 e. The third-order valence-corrected chi connectivity index (χ3v) is 13.6. The normalized spacial score (nSPS) is 12.6. The van der Waals surface area contributed by atoms with Crippen LogP contribution in [0.4, 0.5) is 17.1 Å². The maximum Gasteiger partial charge on any atom is 0.0619 e. The summed E-state index contributed by atoms with van der Waals surface area (Å²) in [6.07, 6.45) is 0. The molecule has 308 valence electrons. The van der Waals surface area contributed by atoms with E-state index in [4.69, 9.17) is 0 Å². The first kappa shape index (κ1) is 38.5. The van der Waals surface area contributed by atoms with Crippen LogP contribution in [-0.4, -0.2) is 4.57 Å². The smallest absolute Gasteiger partial charge is 0.0619 e. The fourth-order valence-electron chi connectivity index (χ4n) is 10.3. The van der Waals surface area contributed by atoms with Crippen LogP contribution in [0.3, 0.4) is 0 Å². The zero-order valence-electron chi connectivity index (χ0n) is 36.5. The molecule has 2 nitrogen and oxygen atoms in total. The molecule has 2 heteroatoms. The van der Waals surface area contributed by atoms with Crippen LogP contribution in [-0.2, 0) is 5.41 Å².